The number of piperazine rings is 1. The lowest BCUT2D eigenvalue weighted by Gasteiger charge is -2.44. The Balaban J connectivity index is 1.33. The van der Waals surface area contributed by atoms with Crippen LogP contribution >= 0.6 is 0 Å². The fourth-order valence-electron chi connectivity index (χ4n) is 5.40. The molecule has 0 spiro atoms. The molecule has 1 atom stereocenters. The third-order valence-corrected chi connectivity index (χ3v) is 7.50. The molecule has 2 amide bonds. The molecule has 3 heterocycles. The summed E-state index contributed by atoms with van der Waals surface area (Å²) in [6.45, 7) is 8.27. The van der Waals surface area contributed by atoms with Crippen LogP contribution < -0.4 is 14.7 Å². The molecule has 0 aliphatic carbocycles. The van der Waals surface area contributed by atoms with Crippen LogP contribution in [0.2, 0.25) is 0 Å². The van der Waals surface area contributed by atoms with Crippen molar-refractivity contribution in [2.24, 2.45) is 0 Å². The Labute approximate surface area is 190 Å². The number of likely N-dealkylation sites (N-methyl/N-ethyl adjacent to an activating group) is 1. The minimum Gasteiger partial charge on any atom is -0.368 e. The Morgan fingerprint density at radius 3 is 2.47 bits per heavy atom. The van der Waals surface area contributed by atoms with Gasteiger partial charge in [0.1, 0.15) is 6.04 Å². The molecular weight excluding hydrogens is 400 g/mol. The van der Waals surface area contributed by atoms with Gasteiger partial charge < -0.3 is 19.6 Å². The molecule has 0 N–H and O–H groups in total. The van der Waals surface area contributed by atoms with E-state index >= 15 is 0 Å². The van der Waals surface area contributed by atoms with E-state index in [0.717, 1.165) is 50.3 Å². The minimum absolute atomic E-state index is 0.0510. The normalized spacial score (nSPS) is 20.8. The molecule has 1 unspecified atom stereocenters. The summed E-state index contributed by atoms with van der Waals surface area (Å²) in [4.78, 5) is 34.5. The fraction of sp³-hybridized carbons (Fsp3) is 0.462. The van der Waals surface area contributed by atoms with Crippen molar-refractivity contribution in [3.05, 3.63) is 53.1 Å². The average Bonchev–Trinajstić information content (AvgIpc) is 2.83. The van der Waals surface area contributed by atoms with E-state index in [1.54, 1.807) is 4.90 Å². The Kier molecular flexibility index (Phi) is 5.31. The van der Waals surface area contributed by atoms with Gasteiger partial charge in [-0.2, -0.15) is 0 Å². The number of carbonyl (C=O) groups is 2. The predicted molar refractivity (Wildman–Crippen MR) is 129 cm³/mol. The van der Waals surface area contributed by atoms with Crippen LogP contribution in [0.3, 0.4) is 0 Å². The molecule has 32 heavy (non-hydrogen) atoms. The molecule has 168 valence electrons. The highest BCUT2D eigenvalue weighted by atomic mass is 16.2. The third-order valence-electron chi connectivity index (χ3n) is 7.50. The zero-order valence-corrected chi connectivity index (χ0v) is 19.3. The molecule has 6 nitrogen and oxygen atoms in total. The van der Waals surface area contributed by atoms with Crippen molar-refractivity contribution in [1.82, 2.24) is 4.90 Å². The number of benzene rings is 2. The van der Waals surface area contributed by atoms with Gasteiger partial charge in [0.2, 0.25) is 5.91 Å². The molecular formula is C26H32N4O2. The van der Waals surface area contributed by atoms with E-state index in [-0.39, 0.29) is 17.9 Å². The average molecular weight is 433 g/mol. The van der Waals surface area contributed by atoms with Crippen LogP contribution in [0.15, 0.2) is 36.4 Å². The molecule has 2 fully saturated rings. The largest absolute Gasteiger partial charge is 0.368 e. The van der Waals surface area contributed by atoms with Gasteiger partial charge in [0.25, 0.3) is 5.91 Å². The van der Waals surface area contributed by atoms with Crippen molar-refractivity contribution in [2.75, 3.05) is 54.5 Å². The summed E-state index contributed by atoms with van der Waals surface area (Å²) in [5, 5.41) is 0. The summed E-state index contributed by atoms with van der Waals surface area (Å²) in [5.74, 6) is 0.193. The summed E-state index contributed by atoms with van der Waals surface area (Å²) in [7, 11) is 1.84. The molecule has 0 radical (unpaired) electrons. The van der Waals surface area contributed by atoms with Gasteiger partial charge in [-0.05, 0) is 68.5 Å². The number of fused-ring (bicyclic) bond motifs is 3. The van der Waals surface area contributed by atoms with Crippen LogP contribution in [0.25, 0.3) is 0 Å². The lowest BCUT2D eigenvalue weighted by Crippen LogP contribution is -2.54. The van der Waals surface area contributed by atoms with Crippen LogP contribution in [0.4, 0.5) is 17.1 Å². The highest BCUT2D eigenvalue weighted by molar-refractivity contribution is 6.07. The van der Waals surface area contributed by atoms with Crippen molar-refractivity contribution in [2.45, 2.75) is 39.2 Å². The summed E-state index contributed by atoms with van der Waals surface area (Å²) in [6, 6.07) is 12.3. The van der Waals surface area contributed by atoms with E-state index in [2.05, 4.69) is 41.8 Å². The quantitative estimate of drug-likeness (QED) is 0.728. The number of carbonyl (C=O) groups excluding carboxylic acids is 2. The Morgan fingerprint density at radius 2 is 1.69 bits per heavy atom. The molecule has 0 aromatic heterocycles. The first kappa shape index (κ1) is 20.9. The van der Waals surface area contributed by atoms with Gasteiger partial charge in [0.15, 0.2) is 0 Å². The summed E-state index contributed by atoms with van der Waals surface area (Å²) < 4.78 is 0. The predicted octanol–water partition coefficient (Wildman–Crippen LogP) is 3.60. The van der Waals surface area contributed by atoms with E-state index < -0.39 is 0 Å². The molecule has 2 aromatic rings. The third kappa shape index (κ3) is 3.42. The second-order valence-corrected chi connectivity index (χ2v) is 9.30. The summed E-state index contributed by atoms with van der Waals surface area (Å²) in [5.41, 5.74) is 6.47. The first-order valence-electron chi connectivity index (χ1n) is 11.7. The van der Waals surface area contributed by atoms with Gasteiger partial charge in [-0.1, -0.05) is 12.1 Å². The standard InChI is InChI=1S/C26H32N4O2/c1-18-7-6-9-21(19(18)2)28-13-15-29(16-14-28)25(31)20-10-11-22-24(17-20)27(3)26(32)23-8-4-5-12-30(22)23/h6-7,9-11,17,23H,4-5,8,12-16H2,1-3H3. The van der Waals surface area contributed by atoms with E-state index in [9.17, 15) is 9.59 Å². The zero-order chi connectivity index (χ0) is 22.4. The molecule has 2 aromatic carbocycles. The number of nitrogens with zero attached hydrogens (tertiary/aromatic N) is 4. The second kappa shape index (κ2) is 8.15. The lowest BCUT2D eigenvalue weighted by atomic mass is 9.95. The SMILES string of the molecule is Cc1cccc(N2CCN(C(=O)c3ccc4c(c3)N(C)C(=O)C3CCCCN43)CC2)c1C. The Bertz CT molecular complexity index is 1060. The molecule has 2 saturated heterocycles. The van der Waals surface area contributed by atoms with Crippen LogP contribution in [0.5, 0.6) is 0 Å². The van der Waals surface area contributed by atoms with Crippen LogP contribution in [0.1, 0.15) is 40.7 Å². The first-order chi connectivity index (χ1) is 15.5. The number of hydrogen-bond donors (Lipinski definition) is 0. The van der Waals surface area contributed by atoms with E-state index in [4.69, 9.17) is 0 Å². The van der Waals surface area contributed by atoms with Gasteiger partial charge in [-0.15, -0.1) is 0 Å². The maximum Gasteiger partial charge on any atom is 0.254 e. The summed E-state index contributed by atoms with van der Waals surface area (Å²) >= 11 is 0. The van der Waals surface area contributed by atoms with E-state index in [0.29, 0.717) is 18.7 Å². The Hall–Kier alpha value is -3.02. The molecule has 3 aliphatic rings. The van der Waals surface area contributed by atoms with Crippen molar-refractivity contribution in [1.29, 1.82) is 0 Å². The number of aryl methyl sites for hydroxylation is 1. The van der Waals surface area contributed by atoms with Gasteiger partial charge in [-0.25, -0.2) is 0 Å². The maximum absolute atomic E-state index is 13.3. The van der Waals surface area contributed by atoms with Crippen LogP contribution in [0, 0.1) is 13.8 Å². The maximum atomic E-state index is 13.3. The molecule has 3 aliphatic heterocycles. The molecule has 0 saturated carbocycles. The van der Waals surface area contributed by atoms with Gasteiger partial charge >= 0.3 is 0 Å². The van der Waals surface area contributed by atoms with Gasteiger partial charge in [0.05, 0.1) is 11.4 Å². The number of piperidine rings is 1. The monoisotopic (exact) mass is 432 g/mol. The number of anilines is 3. The van der Waals surface area contributed by atoms with Crippen molar-refractivity contribution >= 4 is 28.9 Å². The number of rotatable bonds is 2. The number of hydrogen-bond acceptors (Lipinski definition) is 4. The van der Waals surface area contributed by atoms with Crippen molar-refractivity contribution in [3.8, 4) is 0 Å². The number of amides is 2. The molecule has 6 heteroatoms. The summed E-state index contributed by atoms with van der Waals surface area (Å²) in [6.07, 6.45) is 3.12. The lowest BCUT2D eigenvalue weighted by molar-refractivity contribution is -0.120. The van der Waals surface area contributed by atoms with Crippen LogP contribution in [-0.2, 0) is 4.79 Å². The molecule has 5 rings (SSSR count). The zero-order valence-electron chi connectivity index (χ0n) is 19.3. The first-order valence-corrected chi connectivity index (χ1v) is 11.7. The fourth-order valence-corrected chi connectivity index (χ4v) is 5.40. The van der Waals surface area contributed by atoms with Crippen molar-refractivity contribution in [3.63, 3.8) is 0 Å². The second-order valence-electron chi connectivity index (χ2n) is 9.30. The van der Waals surface area contributed by atoms with Gasteiger partial charge in [0, 0.05) is 51.0 Å². The highest BCUT2D eigenvalue weighted by Crippen LogP contribution is 2.39. The molecule has 0 bridgehead atoms. The Morgan fingerprint density at radius 1 is 0.906 bits per heavy atom. The van der Waals surface area contributed by atoms with Crippen LogP contribution in [-0.4, -0.2) is 62.5 Å². The van der Waals surface area contributed by atoms with Gasteiger partial charge in [-0.3, -0.25) is 9.59 Å². The minimum atomic E-state index is -0.0547. The highest BCUT2D eigenvalue weighted by Gasteiger charge is 2.38. The van der Waals surface area contributed by atoms with E-state index in [1.165, 1.54) is 16.8 Å². The smallest absolute Gasteiger partial charge is 0.254 e. The van der Waals surface area contributed by atoms with E-state index in [1.807, 2.05) is 30.1 Å². The topological polar surface area (TPSA) is 47.1 Å². The van der Waals surface area contributed by atoms with Crippen molar-refractivity contribution < 1.29 is 9.59 Å².